The van der Waals surface area contributed by atoms with Crippen LogP contribution in [0.5, 0.6) is 0 Å². The standard InChI is InChI=1S/C10H8BrClN2O3/c1-6(12)5-13-10(15)7-3-2-4-8(9(7)11)14(16)17/h2-4H,1,5H2,(H,13,15). The van der Waals surface area contributed by atoms with E-state index >= 15 is 0 Å². The monoisotopic (exact) mass is 318 g/mol. The minimum absolute atomic E-state index is 0.107. The minimum atomic E-state index is -0.568. The van der Waals surface area contributed by atoms with E-state index in [2.05, 4.69) is 27.8 Å². The van der Waals surface area contributed by atoms with Gasteiger partial charge in [-0.25, -0.2) is 0 Å². The van der Waals surface area contributed by atoms with Gasteiger partial charge >= 0.3 is 0 Å². The van der Waals surface area contributed by atoms with Gasteiger partial charge in [0.05, 0.1) is 17.0 Å². The van der Waals surface area contributed by atoms with Gasteiger partial charge in [-0.2, -0.15) is 0 Å². The maximum atomic E-state index is 11.7. The summed E-state index contributed by atoms with van der Waals surface area (Å²) in [5.41, 5.74) is 0.0134. The minimum Gasteiger partial charge on any atom is -0.347 e. The van der Waals surface area contributed by atoms with Crippen LogP contribution in [0, 0.1) is 10.1 Å². The summed E-state index contributed by atoms with van der Waals surface area (Å²) in [7, 11) is 0. The van der Waals surface area contributed by atoms with Crippen LogP contribution in [0.15, 0.2) is 34.3 Å². The molecule has 17 heavy (non-hydrogen) atoms. The predicted molar refractivity (Wildman–Crippen MR) is 68.1 cm³/mol. The van der Waals surface area contributed by atoms with E-state index in [1.807, 2.05) is 0 Å². The number of nitrogens with one attached hydrogen (secondary N) is 1. The molecule has 0 heterocycles. The summed E-state index contributed by atoms with van der Waals surface area (Å²) in [6, 6.07) is 4.22. The SMILES string of the molecule is C=C(Cl)CNC(=O)c1cccc([N+](=O)[O-])c1Br. The number of carbonyl (C=O) groups excluding carboxylic acids is 1. The number of rotatable bonds is 4. The molecule has 7 heteroatoms. The Morgan fingerprint density at radius 3 is 2.76 bits per heavy atom. The molecule has 0 unspecified atom stereocenters. The maximum absolute atomic E-state index is 11.7. The Bertz CT molecular complexity index is 490. The predicted octanol–water partition coefficient (Wildman–Crippen LogP) is 2.84. The third-order valence-corrected chi connectivity index (χ3v) is 2.83. The average molecular weight is 320 g/mol. The molecule has 1 rings (SSSR count). The molecule has 0 fully saturated rings. The lowest BCUT2D eigenvalue weighted by molar-refractivity contribution is -0.385. The van der Waals surface area contributed by atoms with Crippen LogP contribution in [0.25, 0.3) is 0 Å². The summed E-state index contributed by atoms with van der Waals surface area (Å²) in [6.07, 6.45) is 0. The highest BCUT2D eigenvalue weighted by Gasteiger charge is 2.18. The molecule has 1 aromatic carbocycles. The van der Waals surface area contributed by atoms with Crippen molar-refractivity contribution in [3.05, 3.63) is 50.0 Å². The Hall–Kier alpha value is -1.40. The largest absolute Gasteiger partial charge is 0.347 e. The molecule has 0 saturated carbocycles. The number of benzene rings is 1. The molecule has 0 bridgehead atoms. The van der Waals surface area contributed by atoms with Gasteiger partial charge < -0.3 is 5.32 Å². The first-order valence-corrected chi connectivity index (χ1v) is 5.65. The Balaban J connectivity index is 2.98. The Morgan fingerprint density at radius 1 is 1.59 bits per heavy atom. The molecule has 0 spiro atoms. The molecule has 0 aliphatic heterocycles. The maximum Gasteiger partial charge on any atom is 0.284 e. The van der Waals surface area contributed by atoms with Gasteiger partial charge in [0, 0.05) is 11.1 Å². The smallest absolute Gasteiger partial charge is 0.284 e. The highest BCUT2D eigenvalue weighted by molar-refractivity contribution is 9.10. The lowest BCUT2D eigenvalue weighted by Crippen LogP contribution is -2.24. The number of hydrogen-bond acceptors (Lipinski definition) is 3. The Labute approximate surface area is 111 Å². The van der Waals surface area contributed by atoms with Crippen molar-refractivity contribution >= 4 is 39.1 Å². The van der Waals surface area contributed by atoms with Crippen LogP contribution in [-0.4, -0.2) is 17.4 Å². The van der Waals surface area contributed by atoms with Gasteiger partial charge in [0.1, 0.15) is 4.47 Å². The summed E-state index contributed by atoms with van der Waals surface area (Å²) >= 11 is 8.53. The molecule has 0 atom stereocenters. The quantitative estimate of drug-likeness (QED) is 0.685. The molecule has 1 aromatic rings. The van der Waals surface area contributed by atoms with E-state index in [0.29, 0.717) is 0 Å². The van der Waals surface area contributed by atoms with Gasteiger partial charge in [-0.15, -0.1) is 0 Å². The van der Waals surface area contributed by atoms with E-state index in [9.17, 15) is 14.9 Å². The van der Waals surface area contributed by atoms with Gasteiger partial charge in [-0.1, -0.05) is 24.2 Å². The third-order valence-electron chi connectivity index (χ3n) is 1.86. The Morgan fingerprint density at radius 2 is 2.24 bits per heavy atom. The van der Waals surface area contributed by atoms with Crippen molar-refractivity contribution in [3.63, 3.8) is 0 Å². The first-order valence-electron chi connectivity index (χ1n) is 4.48. The molecular weight excluding hydrogens is 311 g/mol. The molecule has 5 nitrogen and oxygen atoms in total. The van der Waals surface area contributed by atoms with Crippen molar-refractivity contribution in [1.29, 1.82) is 0 Å². The number of hydrogen-bond donors (Lipinski definition) is 1. The number of halogens is 2. The third kappa shape index (κ3) is 3.54. The summed E-state index contributed by atoms with van der Waals surface area (Å²) in [5.74, 6) is -0.456. The molecule has 90 valence electrons. The van der Waals surface area contributed by atoms with E-state index in [0.717, 1.165) is 0 Å². The zero-order valence-electron chi connectivity index (χ0n) is 8.57. The van der Waals surface area contributed by atoms with Crippen molar-refractivity contribution in [2.75, 3.05) is 6.54 Å². The van der Waals surface area contributed by atoms with Gasteiger partial charge in [-0.05, 0) is 22.0 Å². The second-order valence-electron chi connectivity index (χ2n) is 3.10. The number of nitro groups is 1. The topological polar surface area (TPSA) is 72.2 Å². The van der Waals surface area contributed by atoms with Crippen LogP contribution in [0.1, 0.15) is 10.4 Å². The highest BCUT2D eigenvalue weighted by atomic mass is 79.9. The number of amides is 1. The molecule has 0 aliphatic carbocycles. The van der Waals surface area contributed by atoms with Crippen molar-refractivity contribution < 1.29 is 9.72 Å². The molecule has 1 N–H and O–H groups in total. The zero-order valence-corrected chi connectivity index (χ0v) is 10.9. The van der Waals surface area contributed by atoms with Crippen molar-refractivity contribution in [2.24, 2.45) is 0 Å². The van der Waals surface area contributed by atoms with Gasteiger partial charge in [-0.3, -0.25) is 14.9 Å². The second-order valence-corrected chi connectivity index (χ2v) is 4.42. The second kappa shape index (κ2) is 5.79. The Kier molecular flexibility index (Phi) is 4.65. The van der Waals surface area contributed by atoms with Crippen LogP contribution >= 0.6 is 27.5 Å². The lowest BCUT2D eigenvalue weighted by Gasteiger charge is -2.05. The highest BCUT2D eigenvalue weighted by Crippen LogP contribution is 2.28. The number of carbonyl (C=O) groups is 1. The summed E-state index contributed by atoms with van der Waals surface area (Å²) in [4.78, 5) is 21.8. The van der Waals surface area contributed by atoms with Crippen LogP contribution < -0.4 is 5.32 Å². The first kappa shape index (κ1) is 13.7. The normalized spacial score (nSPS) is 9.76. The number of nitrogens with zero attached hydrogens (tertiary/aromatic N) is 1. The molecule has 0 aliphatic rings. The van der Waals surface area contributed by atoms with Crippen molar-refractivity contribution in [3.8, 4) is 0 Å². The first-order chi connectivity index (χ1) is 7.93. The fourth-order valence-electron chi connectivity index (χ4n) is 1.11. The van der Waals surface area contributed by atoms with Crippen LogP contribution in [0.2, 0.25) is 0 Å². The van der Waals surface area contributed by atoms with Crippen LogP contribution in [0.3, 0.4) is 0 Å². The van der Waals surface area contributed by atoms with E-state index in [4.69, 9.17) is 11.6 Å². The van der Waals surface area contributed by atoms with E-state index in [1.54, 1.807) is 0 Å². The summed E-state index contributed by atoms with van der Waals surface area (Å²) < 4.78 is 0.141. The van der Waals surface area contributed by atoms with Gasteiger partial charge in [0.15, 0.2) is 0 Å². The molecule has 0 radical (unpaired) electrons. The molecular formula is C10H8BrClN2O3. The molecule has 0 saturated heterocycles. The molecule has 1 amide bonds. The van der Waals surface area contributed by atoms with Crippen LogP contribution in [-0.2, 0) is 0 Å². The van der Waals surface area contributed by atoms with Crippen molar-refractivity contribution in [1.82, 2.24) is 5.32 Å². The average Bonchev–Trinajstić information content (AvgIpc) is 2.25. The van der Waals surface area contributed by atoms with Crippen LogP contribution in [0.4, 0.5) is 5.69 Å². The molecule has 0 aromatic heterocycles. The van der Waals surface area contributed by atoms with E-state index in [1.165, 1.54) is 18.2 Å². The van der Waals surface area contributed by atoms with Crippen molar-refractivity contribution in [2.45, 2.75) is 0 Å². The summed E-state index contributed by atoms with van der Waals surface area (Å²) in [5, 5.41) is 13.4. The fraction of sp³-hybridized carbons (Fsp3) is 0.100. The van der Waals surface area contributed by atoms with E-state index in [-0.39, 0.29) is 27.3 Å². The fourth-order valence-corrected chi connectivity index (χ4v) is 1.76. The van der Waals surface area contributed by atoms with E-state index < -0.39 is 10.8 Å². The van der Waals surface area contributed by atoms with Gasteiger partial charge in [0.2, 0.25) is 0 Å². The number of nitro benzene ring substituents is 1. The zero-order chi connectivity index (χ0) is 13.0. The van der Waals surface area contributed by atoms with Gasteiger partial charge in [0.25, 0.3) is 11.6 Å². The lowest BCUT2D eigenvalue weighted by atomic mass is 10.2. The summed E-state index contributed by atoms with van der Waals surface area (Å²) in [6.45, 7) is 3.53.